The Labute approximate surface area is 98.9 Å². The second kappa shape index (κ2) is 5.36. The van der Waals surface area contributed by atoms with E-state index < -0.39 is 6.09 Å². The van der Waals surface area contributed by atoms with E-state index in [1.54, 1.807) is 0 Å². The maximum absolute atomic E-state index is 10.3. The van der Waals surface area contributed by atoms with Crippen LogP contribution in [0.25, 0.3) is 10.9 Å². The molecule has 5 heteroatoms. The third kappa shape index (κ3) is 2.98. The molecule has 5 nitrogen and oxygen atoms in total. The van der Waals surface area contributed by atoms with Crippen molar-refractivity contribution in [2.75, 3.05) is 13.2 Å². The molecule has 0 unspecified atom stereocenters. The zero-order valence-electron chi connectivity index (χ0n) is 9.40. The van der Waals surface area contributed by atoms with Crippen LogP contribution in [0.2, 0.25) is 0 Å². The summed E-state index contributed by atoms with van der Waals surface area (Å²) in [4.78, 5) is 13.5. The van der Waals surface area contributed by atoms with E-state index in [0.717, 1.165) is 12.1 Å². The zero-order valence-corrected chi connectivity index (χ0v) is 9.40. The van der Waals surface area contributed by atoms with Gasteiger partial charge in [-0.2, -0.15) is 0 Å². The fraction of sp³-hybridized carbons (Fsp3) is 0.250. The summed E-state index contributed by atoms with van der Waals surface area (Å²) in [6.45, 7) is 1.61. The number of primary amides is 1. The first-order chi connectivity index (χ1) is 8.27. The molecule has 0 aliphatic carbocycles. The average Bonchev–Trinajstić information content (AvgIpc) is 2.77. The molecule has 1 heterocycles. The number of hydrogen-bond donors (Lipinski definition) is 3. The summed E-state index contributed by atoms with van der Waals surface area (Å²) in [6, 6.07) is 8.16. The van der Waals surface area contributed by atoms with Gasteiger partial charge in [0.1, 0.15) is 6.61 Å². The molecule has 0 saturated heterocycles. The Balaban J connectivity index is 1.86. The van der Waals surface area contributed by atoms with Gasteiger partial charge in [0.15, 0.2) is 0 Å². The molecular weight excluding hydrogens is 218 g/mol. The van der Waals surface area contributed by atoms with Gasteiger partial charge in [-0.1, -0.05) is 12.1 Å². The van der Waals surface area contributed by atoms with Gasteiger partial charge in [0.2, 0.25) is 0 Å². The lowest BCUT2D eigenvalue weighted by molar-refractivity contribution is 0.157. The van der Waals surface area contributed by atoms with Gasteiger partial charge >= 0.3 is 6.09 Å². The summed E-state index contributed by atoms with van der Waals surface area (Å²) >= 11 is 0. The lowest BCUT2D eigenvalue weighted by atomic mass is 10.1. The Morgan fingerprint density at radius 3 is 3.12 bits per heavy atom. The smallest absolute Gasteiger partial charge is 0.404 e. The third-order valence-corrected chi connectivity index (χ3v) is 2.52. The lowest BCUT2D eigenvalue weighted by Crippen LogP contribution is -2.23. The number of H-pyrrole nitrogens is 1. The predicted molar refractivity (Wildman–Crippen MR) is 65.5 cm³/mol. The number of fused-ring (bicyclic) bond motifs is 1. The van der Waals surface area contributed by atoms with E-state index >= 15 is 0 Å². The molecule has 1 aromatic carbocycles. The number of nitrogens with two attached hydrogens (primary N) is 1. The Kier molecular flexibility index (Phi) is 3.62. The van der Waals surface area contributed by atoms with Gasteiger partial charge in [-0.3, -0.25) is 0 Å². The fourth-order valence-electron chi connectivity index (χ4n) is 1.75. The topological polar surface area (TPSA) is 80.1 Å². The molecule has 4 N–H and O–H groups in total. The minimum absolute atomic E-state index is 0.290. The van der Waals surface area contributed by atoms with Crippen LogP contribution in [0.15, 0.2) is 30.5 Å². The van der Waals surface area contributed by atoms with Crippen molar-refractivity contribution in [2.24, 2.45) is 5.73 Å². The summed E-state index contributed by atoms with van der Waals surface area (Å²) in [5.41, 5.74) is 7.19. The molecule has 0 aliphatic rings. The molecule has 1 aromatic heterocycles. The van der Waals surface area contributed by atoms with Crippen molar-refractivity contribution in [3.05, 3.63) is 36.0 Å². The quantitative estimate of drug-likeness (QED) is 0.682. The Hall–Kier alpha value is -2.01. The third-order valence-electron chi connectivity index (χ3n) is 2.52. The number of carbonyl (C=O) groups excluding carboxylic acids is 1. The number of hydrogen-bond acceptors (Lipinski definition) is 3. The molecule has 2 aromatic rings. The van der Waals surface area contributed by atoms with E-state index in [0.29, 0.717) is 13.2 Å². The minimum Gasteiger partial charge on any atom is -0.448 e. The van der Waals surface area contributed by atoms with Crippen LogP contribution in [0.1, 0.15) is 5.56 Å². The van der Waals surface area contributed by atoms with Crippen molar-refractivity contribution >= 4 is 17.0 Å². The second-order valence-electron chi connectivity index (χ2n) is 3.70. The molecule has 2 rings (SSSR count). The molecule has 0 radical (unpaired) electrons. The lowest BCUT2D eigenvalue weighted by Gasteiger charge is -2.06. The van der Waals surface area contributed by atoms with Crippen LogP contribution in [-0.2, 0) is 11.3 Å². The van der Waals surface area contributed by atoms with Crippen molar-refractivity contribution in [3.8, 4) is 0 Å². The molecule has 90 valence electrons. The normalized spacial score (nSPS) is 10.6. The number of aromatic nitrogens is 1. The monoisotopic (exact) mass is 233 g/mol. The zero-order chi connectivity index (χ0) is 12.1. The van der Waals surface area contributed by atoms with Crippen LogP contribution in [-0.4, -0.2) is 24.2 Å². The molecule has 0 spiro atoms. The summed E-state index contributed by atoms with van der Waals surface area (Å²) < 4.78 is 4.62. The molecule has 0 atom stereocenters. The highest BCUT2D eigenvalue weighted by molar-refractivity contribution is 5.82. The van der Waals surface area contributed by atoms with Gasteiger partial charge in [-0.25, -0.2) is 4.79 Å². The maximum Gasteiger partial charge on any atom is 0.404 e. The van der Waals surface area contributed by atoms with Crippen molar-refractivity contribution in [3.63, 3.8) is 0 Å². The molecule has 1 amide bonds. The predicted octanol–water partition coefficient (Wildman–Crippen LogP) is 1.35. The van der Waals surface area contributed by atoms with Crippen LogP contribution < -0.4 is 11.1 Å². The molecule has 0 fully saturated rings. The van der Waals surface area contributed by atoms with Crippen LogP contribution in [0.4, 0.5) is 4.79 Å². The summed E-state index contributed by atoms with van der Waals surface area (Å²) in [5, 5.41) is 4.40. The average molecular weight is 233 g/mol. The summed E-state index contributed by atoms with van der Waals surface area (Å²) in [6.07, 6.45) is 1.18. The standard InChI is InChI=1S/C12H15N3O2/c13-12(16)17-7-6-14-8-9-2-1-3-11-10(9)4-5-15-11/h1-5,14-15H,6-8H2,(H2,13,16). The summed E-state index contributed by atoms with van der Waals surface area (Å²) in [7, 11) is 0. The van der Waals surface area contributed by atoms with Crippen LogP contribution >= 0.6 is 0 Å². The maximum atomic E-state index is 10.3. The van der Waals surface area contributed by atoms with Gasteiger partial charge in [0.25, 0.3) is 0 Å². The van der Waals surface area contributed by atoms with Gasteiger partial charge in [0.05, 0.1) is 0 Å². The SMILES string of the molecule is NC(=O)OCCNCc1cccc2[nH]ccc12. The van der Waals surface area contributed by atoms with Gasteiger partial charge < -0.3 is 20.8 Å². The Morgan fingerprint density at radius 2 is 2.29 bits per heavy atom. The van der Waals surface area contributed by atoms with Crippen molar-refractivity contribution in [2.45, 2.75) is 6.54 Å². The number of amides is 1. The van der Waals surface area contributed by atoms with Crippen molar-refractivity contribution in [1.29, 1.82) is 0 Å². The highest BCUT2D eigenvalue weighted by atomic mass is 16.5. The van der Waals surface area contributed by atoms with Crippen molar-refractivity contribution < 1.29 is 9.53 Å². The Bertz CT molecular complexity index is 507. The highest BCUT2D eigenvalue weighted by Gasteiger charge is 2.00. The molecule has 0 bridgehead atoms. The number of rotatable bonds is 5. The summed E-state index contributed by atoms with van der Waals surface area (Å²) in [5.74, 6) is 0. The first-order valence-electron chi connectivity index (χ1n) is 5.45. The molecular formula is C12H15N3O2. The second-order valence-corrected chi connectivity index (χ2v) is 3.70. The van der Waals surface area contributed by atoms with E-state index in [2.05, 4.69) is 21.1 Å². The number of carbonyl (C=O) groups is 1. The van der Waals surface area contributed by atoms with Crippen LogP contribution in [0.5, 0.6) is 0 Å². The molecule has 0 aliphatic heterocycles. The van der Waals surface area contributed by atoms with Gasteiger partial charge in [-0.05, 0) is 17.7 Å². The van der Waals surface area contributed by atoms with Crippen LogP contribution in [0.3, 0.4) is 0 Å². The largest absolute Gasteiger partial charge is 0.448 e. The van der Waals surface area contributed by atoms with E-state index in [-0.39, 0.29) is 0 Å². The number of aromatic amines is 1. The minimum atomic E-state index is -0.737. The molecule has 17 heavy (non-hydrogen) atoms. The van der Waals surface area contributed by atoms with Crippen molar-refractivity contribution in [1.82, 2.24) is 10.3 Å². The number of benzene rings is 1. The van der Waals surface area contributed by atoms with Gasteiger partial charge in [0, 0.05) is 30.2 Å². The fourth-order valence-corrected chi connectivity index (χ4v) is 1.75. The first-order valence-corrected chi connectivity index (χ1v) is 5.45. The Morgan fingerprint density at radius 1 is 1.41 bits per heavy atom. The van der Waals surface area contributed by atoms with Crippen LogP contribution in [0, 0.1) is 0 Å². The van der Waals surface area contributed by atoms with E-state index in [1.807, 2.05) is 24.4 Å². The molecule has 0 saturated carbocycles. The van der Waals surface area contributed by atoms with E-state index in [4.69, 9.17) is 5.73 Å². The number of nitrogens with one attached hydrogen (secondary N) is 2. The van der Waals surface area contributed by atoms with E-state index in [1.165, 1.54) is 10.9 Å². The highest BCUT2D eigenvalue weighted by Crippen LogP contribution is 2.16. The van der Waals surface area contributed by atoms with E-state index in [9.17, 15) is 4.79 Å². The first kappa shape index (κ1) is 11.5. The van der Waals surface area contributed by atoms with Gasteiger partial charge in [-0.15, -0.1) is 0 Å². The number of ether oxygens (including phenoxy) is 1.